The van der Waals surface area contributed by atoms with E-state index in [-0.39, 0.29) is 18.7 Å². The first-order valence-electron chi connectivity index (χ1n) is 5.29. The Bertz CT molecular complexity index is 190. The highest BCUT2D eigenvalue weighted by molar-refractivity contribution is 5.65. The van der Waals surface area contributed by atoms with E-state index in [0.717, 1.165) is 25.7 Å². The fourth-order valence-corrected chi connectivity index (χ4v) is 2.15. The molecule has 0 aliphatic heterocycles. The van der Waals surface area contributed by atoms with Gasteiger partial charge in [0.15, 0.2) is 0 Å². The van der Waals surface area contributed by atoms with E-state index >= 15 is 0 Å². The van der Waals surface area contributed by atoms with Gasteiger partial charge in [-0.2, -0.15) is 0 Å². The number of rotatable bonds is 3. The molecule has 1 unspecified atom stereocenters. The standard InChI is InChI=1S/C10H19NO3/c1-8(7-12)11(10(13)14)9-5-3-2-4-6-9/h8-9,12H,2-7H2,1H3,(H,13,14). The van der Waals surface area contributed by atoms with Crippen molar-refractivity contribution in [3.8, 4) is 0 Å². The van der Waals surface area contributed by atoms with Gasteiger partial charge in [-0.15, -0.1) is 0 Å². The van der Waals surface area contributed by atoms with Crippen molar-refractivity contribution in [2.45, 2.75) is 51.1 Å². The molecule has 2 N–H and O–H groups in total. The normalized spacial score (nSPS) is 20.4. The molecular weight excluding hydrogens is 182 g/mol. The topological polar surface area (TPSA) is 60.8 Å². The van der Waals surface area contributed by atoms with Crippen LogP contribution in [0.15, 0.2) is 0 Å². The molecule has 82 valence electrons. The van der Waals surface area contributed by atoms with Crippen LogP contribution < -0.4 is 0 Å². The summed E-state index contributed by atoms with van der Waals surface area (Å²) in [6.07, 6.45) is 4.39. The van der Waals surface area contributed by atoms with E-state index in [1.165, 1.54) is 11.3 Å². The van der Waals surface area contributed by atoms with Crippen LogP contribution in [-0.4, -0.2) is 39.9 Å². The molecule has 1 aliphatic rings. The summed E-state index contributed by atoms with van der Waals surface area (Å²) < 4.78 is 0. The van der Waals surface area contributed by atoms with Crippen molar-refractivity contribution in [2.75, 3.05) is 6.61 Å². The maximum absolute atomic E-state index is 11.0. The van der Waals surface area contributed by atoms with E-state index in [9.17, 15) is 4.79 Å². The monoisotopic (exact) mass is 201 g/mol. The van der Waals surface area contributed by atoms with Gasteiger partial charge in [-0.1, -0.05) is 19.3 Å². The predicted octanol–water partition coefficient (Wildman–Crippen LogP) is 1.68. The summed E-state index contributed by atoms with van der Waals surface area (Å²) in [6.45, 7) is 1.66. The van der Waals surface area contributed by atoms with Gasteiger partial charge in [-0.3, -0.25) is 0 Å². The summed E-state index contributed by atoms with van der Waals surface area (Å²) in [5.74, 6) is 0. The zero-order valence-electron chi connectivity index (χ0n) is 8.65. The van der Waals surface area contributed by atoms with Crippen molar-refractivity contribution in [2.24, 2.45) is 0 Å². The van der Waals surface area contributed by atoms with Gasteiger partial charge in [0, 0.05) is 6.04 Å². The highest BCUT2D eigenvalue weighted by atomic mass is 16.4. The number of amides is 1. The van der Waals surface area contributed by atoms with Gasteiger partial charge >= 0.3 is 6.09 Å². The fraction of sp³-hybridized carbons (Fsp3) is 0.900. The molecule has 0 spiro atoms. The van der Waals surface area contributed by atoms with Crippen molar-refractivity contribution < 1.29 is 15.0 Å². The van der Waals surface area contributed by atoms with E-state index in [1.807, 2.05) is 0 Å². The number of nitrogens with zero attached hydrogens (tertiary/aromatic N) is 1. The van der Waals surface area contributed by atoms with E-state index in [0.29, 0.717) is 0 Å². The van der Waals surface area contributed by atoms with Gasteiger partial charge in [-0.05, 0) is 19.8 Å². The molecule has 1 aliphatic carbocycles. The number of carbonyl (C=O) groups is 1. The van der Waals surface area contributed by atoms with Crippen LogP contribution in [0.4, 0.5) is 4.79 Å². The first kappa shape index (κ1) is 11.3. The number of aliphatic hydroxyl groups excluding tert-OH is 1. The number of hydrogen-bond acceptors (Lipinski definition) is 2. The third-order valence-corrected chi connectivity index (χ3v) is 2.93. The van der Waals surface area contributed by atoms with Crippen LogP contribution in [-0.2, 0) is 0 Å². The summed E-state index contributed by atoms with van der Waals surface area (Å²) >= 11 is 0. The van der Waals surface area contributed by atoms with Gasteiger partial charge in [0.25, 0.3) is 0 Å². The summed E-state index contributed by atoms with van der Waals surface area (Å²) in [7, 11) is 0. The number of hydrogen-bond donors (Lipinski definition) is 2. The van der Waals surface area contributed by atoms with Gasteiger partial charge in [0.1, 0.15) is 0 Å². The molecule has 0 aromatic rings. The molecule has 14 heavy (non-hydrogen) atoms. The third kappa shape index (κ3) is 2.61. The molecule has 0 aromatic carbocycles. The van der Waals surface area contributed by atoms with Crippen molar-refractivity contribution >= 4 is 6.09 Å². The Labute approximate surface area is 84.5 Å². The van der Waals surface area contributed by atoms with Gasteiger partial charge in [-0.25, -0.2) is 4.79 Å². The van der Waals surface area contributed by atoms with Crippen LogP contribution in [0.3, 0.4) is 0 Å². The molecule has 0 aromatic heterocycles. The van der Waals surface area contributed by atoms with Gasteiger partial charge in [0.05, 0.1) is 12.6 Å². The van der Waals surface area contributed by atoms with Gasteiger partial charge in [0.2, 0.25) is 0 Å². The molecule has 1 fully saturated rings. The second-order valence-electron chi connectivity index (χ2n) is 4.01. The third-order valence-electron chi connectivity index (χ3n) is 2.93. The van der Waals surface area contributed by atoms with Crippen LogP contribution >= 0.6 is 0 Å². The molecule has 0 saturated heterocycles. The lowest BCUT2D eigenvalue weighted by Gasteiger charge is -2.35. The first-order chi connectivity index (χ1) is 6.66. The molecule has 0 radical (unpaired) electrons. The summed E-state index contributed by atoms with van der Waals surface area (Å²) in [6, 6.07) is -0.168. The largest absolute Gasteiger partial charge is 0.465 e. The smallest absolute Gasteiger partial charge is 0.407 e. The molecule has 0 heterocycles. The zero-order chi connectivity index (χ0) is 10.6. The van der Waals surface area contributed by atoms with Crippen molar-refractivity contribution in [1.29, 1.82) is 0 Å². The molecule has 1 amide bonds. The second kappa shape index (κ2) is 5.20. The SMILES string of the molecule is CC(CO)N(C(=O)O)C1CCCCC1. The van der Waals surface area contributed by atoms with E-state index in [1.54, 1.807) is 6.92 Å². The lowest BCUT2D eigenvalue weighted by molar-refractivity contribution is 0.0662. The Kier molecular flexibility index (Phi) is 4.20. The van der Waals surface area contributed by atoms with Crippen LogP contribution in [0, 0.1) is 0 Å². The Morgan fingerprint density at radius 3 is 2.43 bits per heavy atom. The molecule has 4 heteroatoms. The molecule has 1 atom stereocenters. The number of aliphatic hydroxyl groups is 1. The highest BCUT2D eigenvalue weighted by Gasteiger charge is 2.28. The average Bonchev–Trinajstić information content (AvgIpc) is 2.19. The van der Waals surface area contributed by atoms with E-state index in [2.05, 4.69) is 0 Å². The Hall–Kier alpha value is -0.770. The fourth-order valence-electron chi connectivity index (χ4n) is 2.15. The minimum absolute atomic E-state index is 0.0944. The van der Waals surface area contributed by atoms with Crippen LogP contribution in [0.5, 0.6) is 0 Å². The predicted molar refractivity (Wildman–Crippen MR) is 53.3 cm³/mol. The van der Waals surface area contributed by atoms with Crippen molar-refractivity contribution in [3.05, 3.63) is 0 Å². The lowest BCUT2D eigenvalue weighted by Crippen LogP contribution is -2.47. The van der Waals surface area contributed by atoms with Crippen molar-refractivity contribution in [1.82, 2.24) is 4.90 Å². The Morgan fingerprint density at radius 2 is 2.00 bits per heavy atom. The van der Waals surface area contributed by atoms with E-state index in [4.69, 9.17) is 10.2 Å². The molecule has 1 saturated carbocycles. The molecule has 0 bridgehead atoms. The number of carboxylic acid groups (broad SMARTS) is 1. The minimum Gasteiger partial charge on any atom is -0.465 e. The maximum Gasteiger partial charge on any atom is 0.407 e. The van der Waals surface area contributed by atoms with Crippen LogP contribution in [0.25, 0.3) is 0 Å². The maximum atomic E-state index is 11.0. The minimum atomic E-state index is -0.904. The highest BCUT2D eigenvalue weighted by Crippen LogP contribution is 2.24. The summed E-state index contributed by atoms with van der Waals surface area (Å²) in [4.78, 5) is 12.4. The molecular formula is C10H19NO3. The van der Waals surface area contributed by atoms with Gasteiger partial charge < -0.3 is 15.1 Å². The molecule has 4 nitrogen and oxygen atoms in total. The van der Waals surface area contributed by atoms with Crippen LogP contribution in [0.1, 0.15) is 39.0 Å². The second-order valence-corrected chi connectivity index (χ2v) is 4.01. The Balaban J connectivity index is 2.60. The Morgan fingerprint density at radius 1 is 1.43 bits per heavy atom. The average molecular weight is 201 g/mol. The van der Waals surface area contributed by atoms with Crippen LogP contribution in [0.2, 0.25) is 0 Å². The lowest BCUT2D eigenvalue weighted by atomic mass is 9.93. The van der Waals surface area contributed by atoms with Crippen molar-refractivity contribution in [3.63, 3.8) is 0 Å². The summed E-state index contributed by atoms with van der Waals surface area (Å²) in [5.41, 5.74) is 0. The zero-order valence-corrected chi connectivity index (χ0v) is 8.65. The van der Waals surface area contributed by atoms with E-state index < -0.39 is 6.09 Å². The first-order valence-corrected chi connectivity index (χ1v) is 5.29. The molecule has 1 rings (SSSR count). The quantitative estimate of drug-likeness (QED) is 0.730. The summed E-state index contributed by atoms with van der Waals surface area (Å²) in [5, 5.41) is 18.0.